The Morgan fingerprint density at radius 3 is 3.11 bits per heavy atom. The zero-order valence-corrected chi connectivity index (χ0v) is 11.0. The molecule has 3 rings (SSSR count). The molecule has 0 saturated carbocycles. The fraction of sp³-hybridized carbons (Fsp3) is 0.500. The van der Waals surface area contributed by atoms with Crippen LogP contribution >= 0.6 is 0 Å². The summed E-state index contributed by atoms with van der Waals surface area (Å²) in [6, 6.07) is 2.12. The molecule has 18 heavy (non-hydrogen) atoms. The monoisotopic (exact) mass is 245 g/mol. The van der Waals surface area contributed by atoms with Gasteiger partial charge in [0.05, 0.1) is 19.0 Å². The van der Waals surface area contributed by atoms with Gasteiger partial charge in [-0.3, -0.25) is 9.58 Å². The van der Waals surface area contributed by atoms with Gasteiger partial charge in [-0.25, -0.2) is 0 Å². The molecule has 0 aromatic carbocycles. The van der Waals surface area contributed by atoms with Crippen LogP contribution in [0, 0.1) is 6.92 Å². The smallest absolute Gasteiger partial charge is 0.118 e. The van der Waals surface area contributed by atoms with Crippen LogP contribution in [0.1, 0.15) is 29.0 Å². The molecule has 2 aromatic rings. The second-order valence-electron chi connectivity index (χ2n) is 5.14. The lowest BCUT2D eigenvalue weighted by Crippen LogP contribution is -2.22. The summed E-state index contributed by atoms with van der Waals surface area (Å²) in [5.74, 6) is 1.06. The molecule has 1 aliphatic rings. The van der Waals surface area contributed by atoms with Crippen LogP contribution in [0.5, 0.6) is 0 Å². The van der Waals surface area contributed by atoms with Crippen molar-refractivity contribution in [3.05, 3.63) is 41.1 Å². The molecule has 0 aliphatic carbocycles. The first-order valence-corrected chi connectivity index (χ1v) is 6.48. The first-order valence-electron chi connectivity index (χ1n) is 6.48. The van der Waals surface area contributed by atoms with Crippen molar-refractivity contribution < 1.29 is 4.42 Å². The van der Waals surface area contributed by atoms with Gasteiger partial charge in [0, 0.05) is 24.8 Å². The third-order valence-electron chi connectivity index (χ3n) is 3.59. The second-order valence-corrected chi connectivity index (χ2v) is 5.14. The zero-order chi connectivity index (χ0) is 12.5. The molecule has 0 N–H and O–H groups in total. The Morgan fingerprint density at radius 2 is 2.33 bits per heavy atom. The van der Waals surface area contributed by atoms with Gasteiger partial charge >= 0.3 is 0 Å². The van der Waals surface area contributed by atoms with E-state index in [0.29, 0.717) is 0 Å². The molecular formula is C14H19N3O. The van der Waals surface area contributed by atoms with E-state index in [1.807, 2.05) is 24.2 Å². The Labute approximate surface area is 107 Å². The zero-order valence-electron chi connectivity index (χ0n) is 11.0. The number of furan rings is 1. The summed E-state index contributed by atoms with van der Waals surface area (Å²) < 4.78 is 7.55. The molecular weight excluding hydrogens is 226 g/mol. The van der Waals surface area contributed by atoms with Crippen LogP contribution in [0.25, 0.3) is 0 Å². The molecule has 4 heteroatoms. The maximum Gasteiger partial charge on any atom is 0.118 e. The van der Waals surface area contributed by atoms with Crippen molar-refractivity contribution in [2.75, 3.05) is 6.54 Å². The molecule has 0 fully saturated rings. The lowest BCUT2D eigenvalue weighted by atomic mass is 10.2. The summed E-state index contributed by atoms with van der Waals surface area (Å²) in [4.78, 5) is 2.44. The van der Waals surface area contributed by atoms with Gasteiger partial charge in [0.1, 0.15) is 5.76 Å². The summed E-state index contributed by atoms with van der Waals surface area (Å²) >= 11 is 0. The number of hydrogen-bond donors (Lipinski definition) is 0. The maximum atomic E-state index is 5.54. The fourth-order valence-electron chi connectivity index (χ4n) is 2.68. The number of aromatic nitrogens is 2. The average Bonchev–Trinajstić information content (AvgIpc) is 2.82. The molecule has 4 nitrogen and oxygen atoms in total. The topological polar surface area (TPSA) is 34.2 Å². The van der Waals surface area contributed by atoms with Gasteiger partial charge in [-0.05, 0) is 37.9 Å². The quantitative estimate of drug-likeness (QED) is 0.814. The van der Waals surface area contributed by atoms with E-state index in [4.69, 9.17) is 4.42 Å². The molecule has 3 heterocycles. The van der Waals surface area contributed by atoms with E-state index < -0.39 is 0 Å². The normalized spacial score (nSPS) is 16.6. The molecule has 0 unspecified atom stereocenters. The Bertz CT molecular complexity index is 541. The molecule has 1 aliphatic heterocycles. The van der Waals surface area contributed by atoms with Gasteiger partial charge in [-0.2, -0.15) is 5.10 Å². The van der Waals surface area contributed by atoms with Crippen LogP contribution in [0.3, 0.4) is 0 Å². The maximum absolute atomic E-state index is 5.54. The molecule has 0 spiro atoms. The summed E-state index contributed by atoms with van der Waals surface area (Å²) in [7, 11) is 2.03. The van der Waals surface area contributed by atoms with Crippen molar-refractivity contribution in [1.29, 1.82) is 0 Å². The SMILES string of the molecule is Cc1coc(CN2CCCc3c(cnn3C)C2)c1. The van der Waals surface area contributed by atoms with Gasteiger partial charge in [-0.15, -0.1) is 0 Å². The van der Waals surface area contributed by atoms with Crippen LogP contribution in [0.2, 0.25) is 0 Å². The Morgan fingerprint density at radius 1 is 1.44 bits per heavy atom. The number of fused-ring (bicyclic) bond motifs is 1. The fourth-order valence-corrected chi connectivity index (χ4v) is 2.68. The molecule has 0 saturated heterocycles. The molecule has 0 amide bonds. The Hall–Kier alpha value is -1.55. The third-order valence-corrected chi connectivity index (χ3v) is 3.59. The lowest BCUT2D eigenvalue weighted by molar-refractivity contribution is 0.239. The molecule has 0 radical (unpaired) electrons. The second kappa shape index (κ2) is 4.61. The number of nitrogens with zero attached hydrogens (tertiary/aromatic N) is 3. The van der Waals surface area contributed by atoms with Gasteiger partial charge in [-0.1, -0.05) is 0 Å². The van der Waals surface area contributed by atoms with Crippen molar-refractivity contribution in [3.8, 4) is 0 Å². The Kier molecular flexibility index (Phi) is 2.96. The Balaban J connectivity index is 1.75. The number of aryl methyl sites for hydroxylation is 2. The van der Waals surface area contributed by atoms with Crippen molar-refractivity contribution in [3.63, 3.8) is 0 Å². The van der Waals surface area contributed by atoms with Crippen LogP contribution in [0.15, 0.2) is 22.9 Å². The molecule has 2 aromatic heterocycles. The highest BCUT2D eigenvalue weighted by Gasteiger charge is 2.18. The highest BCUT2D eigenvalue weighted by Crippen LogP contribution is 2.20. The average molecular weight is 245 g/mol. The molecule has 96 valence electrons. The van der Waals surface area contributed by atoms with Crippen molar-refractivity contribution in [2.45, 2.75) is 32.9 Å². The van der Waals surface area contributed by atoms with Gasteiger partial charge in [0.2, 0.25) is 0 Å². The van der Waals surface area contributed by atoms with Crippen LogP contribution in [-0.2, 0) is 26.6 Å². The van der Waals surface area contributed by atoms with Gasteiger partial charge in [0.25, 0.3) is 0 Å². The third kappa shape index (κ3) is 2.20. The minimum atomic E-state index is 0.891. The number of rotatable bonds is 2. The van der Waals surface area contributed by atoms with E-state index in [9.17, 15) is 0 Å². The van der Waals surface area contributed by atoms with E-state index >= 15 is 0 Å². The van der Waals surface area contributed by atoms with E-state index in [2.05, 4.69) is 23.0 Å². The predicted molar refractivity (Wildman–Crippen MR) is 69.1 cm³/mol. The van der Waals surface area contributed by atoms with E-state index in [1.54, 1.807) is 0 Å². The number of hydrogen-bond acceptors (Lipinski definition) is 3. The first kappa shape index (κ1) is 11.5. The first-order chi connectivity index (χ1) is 8.72. The van der Waals surface area contributed by atoms with Crippen LogP contribution < -0.4 is 0 Å². The van der Waals surface area contributed by atoms with E-state index in [0.717, 1.165) is 31.8 Å². The highest BCUT2D eigenvalue weighted by atomic mass is 16.3. The molecule has 0 bridgehead atoms. The minimum absolute atomic E-state index is 0.891. The minimum Gasteiger partial charge on any atom is -0.468 e. The highest BCUT2D eigenvalue weighted by molar-refractivity contribution is 5.19. The molecule has 0 atom stereocenters. The van der Waals surface area contributed by atoms with Crippen molar-refractivity contribution in [2.24, 2.45) is 7.05 Å². The van der Waals surface area contributed by atoms with Gasteiger partial charge < -0.3 is 4.42 Å². The summed E-state index contributed by atoms with van der Waals surface area (Å²) in [5, 5.41) is 4.35. The predicted octanol–water partition coefficient (Wildman–Crippen LogP) is 2.27. The summed E-state index contributed by atoms with van der Waals surface area (Å²) in [5.41, 5.74) is 3.94. The summed E-state index contributed by atoms with van der Waals surface area (Å²) in [6.45, 7) is 5.05. The van der Waals surface area contributed by atoms with E-state index in [-0.39, 0.29) is 0 Å². The largest absolute Gasteiger partial charge is 0.468 e. The van der Waals surface area contributed by atoms with E-state index in [1.165, 1.54) is 23.2 Å². The van der Waals surface area contributed by atoms with Crippen LogP contribution in [-0.4, -0.2) is 21.2 Å². The lowest BCUT2D eigenvalue weighted by Gasteiger charge is -2.17. The van der Waals surface area contributed by atoms with Crippen LogP contribution in [0.4, 0.5) is 0 Å². The van der Waals surface area contributed by atoms with Crippen molar-refractivity contribution in [1.82, 2.24) is 14.7 Å². The van der Waals surface area contributed by atoms with Crippen molar-refractivity contribution >= 4 is 0 Å². The summed E-state index contributed by atoms with van der Waals surface area (Å²) in [6.07, 6.45) is 6.13. The van der Waals surface area contributed by atoms with Gasteiger partial charge in [0.15, 0.2) is 0 Å². The standard InChI is InChI=1S/C14H19N3O/c1-11-6-13(18-10-11)9-17-5-3-4-14-12(8-17)7-15-16(14)2/h6-7,10H,3-5,8-9H2,1-2H3.